The summed E-state index contributed by atoms with van der Waals surface area (Å²) in [5, 5.41) is 8.52. The molecule has 1 aromatic carbocycles. The molecule has 0 aliphatic heterocycles. The molecule has 0 bridgehead atoms. The van der Waals surface area contributed by atoms with Crippen molar-refractivity contribution in [1.29, 1.82) is 0 Å². The third-order valence-corrected chi connectivity index (χ3v) is 4.46. The van der Waals surface area contributed by atoms with Crippen LogP contribution in [0.3, 0.4) is 0 Å². The monoisotopic (exact) mass is 358 g/mol. The number of carbonyl (C=O) groups is 1. The number of hydroxylamine groups is 1. The second-order valence-corrected chi connectivity index (χ2v) is 7.74. The summed E-state index contributed by atoms with van der Waals surface area (Å²) in [6.07, 6.45) is 5.99. The van der Waals surface area contributed by atoms with Crippen molar-refractivity contribution in [2.45, 2.75) is 40.7 Å². The number of hydrogen-bond donors (Lipinski definition) is 2. The lowest BCUT2D eigenvalue weighted by Crippen LogP contribution is -2.30. The van der Waals surface area contributed by atoms with Crippen molar-refractivity contribution in [3.05, 3.63) is 36.2 Å². The van der Waals surface area contributed by atoms with Gasteiger partial charge in [0.25, 0.3) is 5.91 Å². The van der Waals surface area contributed by atoms with Gasteiger partial charge in [0.1, 0.15) is 0 Å². The molecule has 0 radical (unpaired) electrons. The molecule has 1 amide bonds. The van der Waals surface area contributed by atoms with E-state index in [1.807, 2.05) is 24.5 Å². The Morgan fingerprint density at radius 1 is 1.35 bits per heavy atom. The van der Waals surface area contributed by atoms with Gasteiger partial charge in [-0.3, -0.25) is 10.0 Å². The summed E-state index contributed by atoms with van der Waals surface area (Å²) in [7, 11) is 0. The van der Waals surface area contributed by atoms with Gasteiger partial charge in [0.2, 0.25) is 0 Å². The van der Waals surface area contributed by atoms with Crippen LogP contribution in [0.1, 0.15) is 39.7 Å². The topological polar surface area (TPSA) is 70.4 Å². The van der Waals surface area contributed by atoms with E-state index in [4.69, 9.17) is 5.21 Å². The Kier molecular flexibility index (Phi) is 6.94. The van der Waals surface area contributed by atoms with E-state index >= 15 is 0 Å². The number of amides is 1. The highest BCUT2D eigenvalue weighted by molar-refractivity contribution is 5.91. The van der Waals surface area contributed by atoms with Gasteiger partial charge in [0.05, 0.1) is 17.4 Å². The molecule has 0 aliphatic carbocycles. The van der Waals surface area contributed by atoms with Gasteiger partial charge in [0, 0.05) is 19.2 Å². The standard InChI is InChI=1S/C20H30N4O2/c1-5-23(11-10-20(2,3)4)12-13-24-15-21-17-14-16(6-8-18(17)24)7-9-19(25)22-26/h6-9,14-15,26H,5,10-13H2,1-4H3,(H,22,25). The largest absolute Gasteiger partial charge is 0.329 e. The summed E-state index contributed by atoms with van der Waals surface area (Å²) in [6, 6.07) is 5.90. The number of rotatable bonds is 8. The van der Waals surface area contributed by atoms with Crippen molar-refractivity contribution < 1.29 is 10.0 Å². The van der Waals surface area contributed by atoms with Gasteiger partial charge in [-0.1, -0.05) is 33.8 Å². The summed E-state index contributed by atoms with van der Waals surface area (Å²) >= 11 is 0. The number of aromatic nitrogens is 2. The third-order valence-electron chi connectivity index (χ3n) is 4.46. The van der Waals surface area contributed by atoms with E-state index in [2.05, 4.69) is 42.1 Å². The molecule has 0 saturated heterocycles. The number of nitrogens with one attached hydrogen (secondary N) is 1. The minimum absolute atomic E-state index is 0.353. The molecule has 0 spiro atoms. The van der Waals surface area contributed by atoms with E-state index < -0.39 is 5.91 Å². The third kappa shape index (κ3) is 5.97. The predicted octanol–water partition coefficient (Wildman–Crippen LogP) is 3.31. The quantitative estimate of drug-likeness (QED) is 0.431. The van der Waals surface area contributed by atoms with Gasteiger partial charge in [-0.05, 0) is 48.7 Å². The van der Waals surface area contributed by atoms with Crippen molar-refractivity contribution in [2.24, 2.45) is 5.41 Å². The summed E-state index contributed by atoms with van der Waals surface area (Å²) in [5.74, 6) is -0.550. The summed E-state index contributed by atoms with van der Waals surface area (Å²) < 4.78 is 2.17. The number of nitrogens with zero attached hydrogens (tertiary/aromatic N) is 3. The first-order valence-corrected chi connectivity index (χ1v) is 9.12. The van der Waals surface area contributed by atoms with Gasteiger partial charge < -0.3 is 9.47 Å². The predicted molar refractivity (Wildman–Crippen MR) is 105 cm³/mol. The maximum atomic E-state index is 11.1. The van der Waals surface area contributed by atoms with Crippen LogP contribution in [0, 0.1) is 5.41 Å². The van der Waals surface area contributed by atoms with E-state index in [1.54, 1.807) is 11.6 Å². The molecule has 2 aromatic rings. The average Bonchev–Trinajstić information content (AvgIpc) is 3.01. The Labute approximate surface area is 155 Å². The van der Waals surface area contributed by atoms with Crippen molar-refractivity contribution in [2.75, 3.05) is 19.6 Å². The summed E-state index contributed by atoms with van der Waals surface area (Å²) in [4.78, 5) is 18.0. The molecule has 0 aliphatic rings. The normalized spacial score (nSPS) is 12.4. The number of hydrogen-bond acceptors (Lipinski definition) is 4. The van der Waals surface area contributed by atoms with Crippen molar-refractivity contribution in [1.82, 2.24) is 19.9 Å². The Morgan fingerprint density at radius 2 is 2.12 bits per heavy atom. The molecule has 0 unspecified atom stereocenters. The van der Waals surface area contributed by atoms with E-state index in [0.717, 1.165) is 42.8 Å². The fraction of sp³-hybridized carbons (Fsp3) is 0.500. The molecule has 1 heterocycles. The Hall–Kier alpha value is -2.18. The maximum Gasteiger partial charge on any atom is 0.267 e. The molecule has 26 heavy (non-hydrogen) atoms. The van der Waals surface area contributed by atoms with Crippen LogP contribution >= 0.6 is 0 Å². The number of benzene rings is 1. The number of fused-ring (bicyclic) bond motifs is 1. The van der Waals surface area contributed by atoms with Crippen LogP contribution in [0.25, 0.3) is 17.1 Å². The van der Waals surface area contributed by atoms with Gasteiger partial charge in [-0.2, -0.15) is 0 Å². The SMILES string of the molecule is CCN(CCn1cnc2cc(C=CC(=O)NO)ccc21)CCC(C)(C)C. The molecule has 0 fully saturated rings. The van der Waals surface area contributed by atoms with Crippen LogP contribution in [-0.4, -0.2) is 45.2 Å². The van der Waals surface area contributed by atoms with Gasteiger partial charge in [-0.25, -0.2) is 10.5 Å². The smallest absolute Gasteiger partial charge is 0.267 e. The Morgan fingerprint density at radius 3 is 2.77 bits per heavy atom. The highest BCUT2D eigenvalue weighted by Gasteiger charge is 2.13. The second-order valence-electron chi connectivity index (χ2n) is 7.74. The van der Waals surface area contributed by atoms with Gasteiger partial charge in [0.15, 0.2) is 0 Å². The molecule has 0 saturated carbocycles. The number of imidazole rings is 1. The minimum Gasteiger partial charge on any atom is -0.329 e. The molecule has 6 heteroatoms. The first-order valence-electron chi connectivity index (χ1n) is 9.12. The lowest BCUT2D eigenvalue weighted by atomic mass is 9.92. The zero-order valence-electron chi connectivity index (χ0n) is 16.2. The highest BCUT2D eigenvalue weighted by Crippen LogP contribution is 2.19. The second kappa shape index (κ2) is 8.96. The molecule has 2 N–H and O–H groups in total. The lowest BCUT2D eigenvalue weighted by Gasteiger charge is -2.25. The van der Waals surface area contributed by atoms with Gasteiger partial charge in [-0.15, -0.1) is 0 Å². The highest BCUT2D eigenvalue weighted by atomic mass is 16.5. The van der Waals surface area contributed by atoms with E-state index in [0.29, 0.717) is 5.41 Å². The first kappa shape index (κ1) is 20.1. The zero-order valence-corrected chi connectivity index (χ0v) is 16.2. The van der Waals surface area contributed by atoms with Crippen molar-refractivity contribution in [3.8, 4) is 0 Å². The minimum atomic E-state index is -0.550. The van der Waals surface area contributed by atoms with Crippen LogP contribution in [0.4, 0.5) is 0 Å². The van der Waals surface area contributed by atoms with Gasteiger partial charge >= 0.3 is 0 Å². The van der Waals surface area contributed by atoms with E-state index in [1.165, 1.54) is 12.5 Å². The summed E-state index contributed by atoms with van der Waals surface area (Å²) in [5.41, 5.74) is 4.78. The molecule has 6 nitrogen and oxygen atoms in total. The van der Waals surface area contributed by atoms with Crippen LogP contribution < -0.4 is 5.48 Å². The number of likely N-dealkylation sites (N-methyl/N-ethyl adjacent to an activating group) is 1. The molecule has 2 rings (SSSR count). The average molecular weight is 358 g/mol. The van der Waals surface area contributed by atoms with E-state index in [9.17, 15) is 4.79 Å². The molecular weight excluding hydrogens is 328 g/mol. The van der Waals surface area contributed by atoms with Crippen LogP contribution in [0.5, 0.6) is 0 Å². The van der Waals surface area contributed by atoms with Crippen molar-refractivity contribution in [3.63, 3.8) is 0 Å². The fourth-order valence-electron chi connectivity index (χ4n) is 2.74. The summed E-state index contributed by atoms with van der Waals surface area (Å²) in [6.45, 7) is 13.1. The van der Waals surface area contributed by atoms with Crippen LogP contribution in [0.15, 0.2) is 30.6 Å². The molecule has 1 aromatic heterocycles. The van der Waals surface area contributed by atoms with Crippen LogP contribution in [0.2, 0.25) is 0 Å². The molecule has 142 valence electrons. The number of carbonyl (C=O) groups excluding carboxylic acids is 1. The zero-order chi connectivity index (χ0) is 19.2. The Bertz CT molecular complexity index is 759. The molecular formula is C20H30N4O2. The Balaban J connectivity index is 2.02. The van der Waals surface area contributed by atoms with Crippen molar-refractivity contribution >= 4 is 23.0 Å². The van der Waals surface area contributed by atoms with Crippen LogP contribution in [-0.2, 0) is 11.3 Å². The molecule has 0 atom stereocenters. The lowest BCUT2D eigenvalue weighted by molar-refractivity contribution is -0.124. The van der Waals surface area contributed by atoms with E-state index in [-0.39, 0.29) is 0 Å². The fourth-order valence-corrected chi connectivity index (χ4v) is 2.74. The first-order chi connectivity index (χ1) is 12.3. The maximum absolute atomic E-state index is 11.1.